The SMILES string of the molecule is CC1(C)C[C@H]2C3=CC[C@@H]4[C@@]5(C)C[C@@H](O)[C@H](O)C(C)(C)[C@@H]5CC[C@@]4(C)[C@]3(C)CC[C@@]2(C(=O)O)C[C@@H]1O. The highest BCUT2D eigenvalue weighted by Gasteiger charge is 2.70. The van der Waals surface area contributed by atoms with Crippen molar-refractivity contribution < 1.29 is 25.2 Å². The fourth-order valence-corrected chi connectivity index (χ4v) is 10.8. The lowest BCUT2D eigenvalue weighted by atomic mass is 9.33. The molecule has 4 fully saturated rings. The molecule has 10 atom stereocenters. The zero-order chi connectivity index (χ0) is 26.0. The molecular weight excluding hydrogens is 440 g/mol. The summed E-state index contributed by atoms with van der Waals surface area (Å²) in [5.41, 5.74) is -0.364. The molecule has 0 bridgehead atoms. The summed E-state index contributed by atoms with van der Waals surface area (Å²) in [5, 5.41) is 43.3. The topological polar surface area (TPSA) is 98.0 Å². The lowest BCUT2D eigenvalue weighted by molar-refractivity contribution is -0.233. The van der Waals surface area contributed by atoms with Crippen molar-refractivity contribution >= 4 is 5.97 Å². The van der Waals surface area contributed by atoms with Gasteiger partial charge in [-0.2, -0.15) is 0 Å². The zero-order valence-electron chi connectivity index (χ0n) is 22.9. The summed E-state index contributed by atoms with van der Waals surface area (Å²) in [6, 6.07) is 0. The number of aliphatic hydroxyl groups excluding tert-OH is 3. The van der Waals surface area contributed by atoms with E-state index in [4.69, 9.17) is 0 Å². The zero-order valence-corrected chi connectivity index (χ0v) is 22.9. The van der Waals surface area contributed by atoms with Gasteiger partial charge in [0.1, 0.15) is 0 Å². The molecule has 5 aliphatic rings. The molecule has 5 rings (SSSR count). The number of carboxylic acids is 1. The van der Waals surface area contributed by atoms with Crippen molar-refractivity contribution in [2.45, 2.75) is 118 Å². The molecule has 0 aromatic carbocycles. The Morgan fingerprint density at radius 2 is 1.54 bits per heavy atom. The average molecular weight is 489 g/mol. The van der Waals surface area contributed by atoms with E-state index in [1.165, 1.54) is 5.57 Å². The molecule has 5 heteroatoms. The van der Waals surface area contributed by atoms with E-state index in [0.717, 1.165) is 25.7 Å². The summed E-state index contributed by atoms with van der Waals surface area (Å²) in [6.07, 6.45) is 6.52. The number of aliphatic hydroxyl groups is 3. The molecular formula is C30H48O5. The van der Waals surface area contributed by atoms with E-state index >= 15 is 0 Å². The molecule has 0 unspecified atom stereocenters. The van der Waals surface area contributed by atoms with E-state index in [0.29, 0.717) is 37.5 Å². The summed E-state index contributed by atoms with van der Waals surface area (Å²) in [4.78, 5) is 12.8. The number of aliphatic carboxylic acids is 1. The molecule has 4 saturated carbocycles. The third kappa shape index (κ3) is 3.01. The van der Waals surface area contributed by atoms with Crippen LogP contribution in [0, 0.1) is 50.2 Å². The third-order valence-corrected chi connectivity index (χ3v) is 13.2. The Balaban J connectivity index is 1.61. The molecule has 198 valence electrons. The summed E-state index contributed by atoms with van der Waals surface area (Å²) >= 11 is 0. The van der Waals surface area contributed by atoms with E-state index in [1.54, 1.807) is 0 Å². The van der Waals surface area contributed by atoms with Gasteiger partial charge in [0.2, 0.25) is 0 Å². The number of hydrogen-bond acceptors (Lipinski definition) is 4. The fourth-order valence-electron chi connectivity index (χ4n) is 10.8. The first-order valence-corrected chi connectivity index (χ1v) is 14.0. The third-order valence-electron chi connectivity index (χ3n) is 13.2. The quantitative estimate of drug-likeness (QED) is 0.382. The van der Waals surface area contributed by atoms with Gasteiger partial charge in [0, 0.05) is 0 Å². The monoisotopic (exact) mass is 488 g/mol. The van der Waals surface area contributed by atoms with Crippen molar-refractivity contribution in [1.82, 2.24) is 0 Å². The van der Waals surface area contributed by atoms with Crippen LogP contribution in [0.15, 0.2) is 11.6 Å². The van der Waals surface area contributed by atoms with E-state index < -0.39 is 29.7 Å². The van der Waals surface area contributed by atoms with Crippen LogP contribution in [-0.2, 0) is 4.79 Å². The molecule has 0 aliphatic heterocycles. The van der Waals surface area contributed by atoms with Crippen LogP contribution in [0.5, 0.6) is 0 Å². The Morgan fingerprint density at radius 1 is 0.886 bits per heavy atom. The van der Waals surface area contributed by atoms with Crippen LogP contribution in [0.1, 0.15) is 99.8 Å². The van der Waals surface area contributed by atoms with Gasteiger partial charge in [0.25, 0.3) is 0 Å². The van der Waals surface area contributed by atoms with Crippen LogP contribution < -0.4 is 0 Å². The van der Waals surface area contributed by atoms with E-state index in [-0.39, 0.29) is 33.0 Å². The molecule has 5 aliphatic carbocycles. The van der Waals surface area contributed by atoms with E-state index in [9.17, 15) is 25.2 Å². The molecule has 5 nitrogen and oxygen atoms in total. The Kier molecular flexibility index (Phi) is 5.40. The standard InChI is InChI=1S/C30H48O5/c1-25(2)14-18-17-8-9-21-27(5)15-19(31)23(33)26(3,4)20(27)10-11-29(21,7)28(17,6)12-13-30(18,24(34)35)16-22(25)32/h8,18-23,31-33H,9-16H2,1-7H3,(H,34,35)/t18-,19+,20-,21+,22-,23-,27-,28+,29+,30+/m0/s1. The van der Waals surface area contributed by atoms with Crippen molar-refractivity contribution in [1.29, 1.82) is 0 Å². The minimum Gasteiger partial charge on any atom is -0.481 e. The van der Waals surface area contributed by atoms with Crippen LogP contribution in [0.25, 0.3) is 0 Å². The van der Waals surface area contributed by atoms with Gasteiger partial charge in [-0.25, -0.2) is 0 Å². The first-order chi connectivity index (χ1) is 16.0. The smallest absolute Gasteiger partial charge is 0.310 e. The second-order valence-corrected chi connectivity index (χ2v) is 15.3. The highest BCUT2D eigenvalue weighted by Crippen LogP contribution is 2.75. The van der Waals surface area contributed by atoms with Gasteiger partial charge < -0.3 is 20.4 Å². The number of allylic oxidation sites excluding steroid dienone is 2. The maximum absolute atomic E-state index is 12.8. The largest absolute Gasteiger partial charge is 0.481 e. The predicted molar refractivity (Wildman–Crippen MR) is 135 cm³/mol. The Hall–Kier alpha value is -0.910. The van der Waals surface area contributed by atoms with Crippen LogP contribution in [0.3, 0.4) is 0 Å². The molecule has 0 amide bonds. The summed E-state index contributed by atoms with van der Waals surface area (Å²) in [7, 11) is 0. The number of rotatable bonds is 1. The summed E-state index contributed by atoms with van der Waals surface area (Å²) in [5.74, 6) is -0.0660. The number of carbonyl (C=O) groups is 1. The van der Waals surface area contributed by atoms with Gasteiger partial charge in [-0.05, 0) is 96.2 Å². The van der Waals surface area contributed by atoms with Gasteiger partial charge >= 0.3 is 5.97 Å². The van der Waals surface area contributed by atoms with Crippen LogP contribution >= 0.6 is 0 Å². The van der Waals surface area contributed by atoms with Crippen LogP contribution in [-0.4, -0.2) is 44.7 Å². The van der Waals surface area contributed by atoms with Gasteiger partial charge in [0.05, 0.1) is 23.7 Å². The molecule has 0 spiro atoms. The normalized spacial score (nSPS) is 54.4. The van der Waals surface area contributed by atoms with Crippen molar-refractivity contribution in [3.8, 4) is 0 Å². The van der Waals surface area contributed by atoms with Gasteiger partial charge in [-0.3, -0.25) is 4.79 Å². The fraction of sp³-hybridized carbons (Fsp3) is 0.900. The van der Waals surface area contributed by atoms with Crippen LogP contribution in [0.4, 0.5) is 0 Å². The molecule has 0 aromatic rings. The second kappa shape index (κ2) is 7.35. The summed E-state index contributed by atoms with van der Waals surface area (Å²) in [6.45, 7) is 15.7. The Bertz CT molecular complexity index is 952. The second-order valence-electron chi connectivity index (χ2n) is 15.3. The lowest BCUT2D eigenvalue weighted by Gasteiger charge is -2.71. The first-order valence-electron chi connectivity index (χ1n) is 14.0. The van der Waals surface area contributed by atoms with E-state index in [1.807, 2.05) is 0 Å². The van der Waals surface area contributed by atoms with Crippen molar-refractivity contribution in [2.24, 2.45) is 50.2 Å². The van der Waals surface area contributed by atoms with Crippen LogP contribution in [0.2, 0.25) is 0 Å². The average Bonchev–Trinajstić information content (AvgIpc) is 2.73. The summed E-state index contributed by atoms with van der Waals surface area (Å²) < 4.78 is 0. The first kappa shape index (κ1) is 25.7. The lowest BCUT2D eigenvalue weighted by Crippen LogP contribution is -2.67. The number of carboxylic acid groups (broad SMARTS) is 1. The van der Waals surface area contributed by atoms with Crippen molar-refractivity contribution in [3.63, 3.8) is 0 Å². The Morgan fingerprint density at radius 3 is 2.17 bits per heavy atom. The molecule has 35 heavy (non-hydrogen) atoms. The molecule has 0 heterocycles. The highest BCUT2D eigenvalue weighted by atomic mass is 16.4. The van der Waals surface area contributed by atoms with Gasteiger partial charge in [-0.15, -0.1) is 0 Å². The Labute approximate surface area is 211 Å². The predicted octanol–water partition coefficient (Wildman–Crippen LogP) is 5.18. The number of hydrogen-bond donors (Lipinski definition) is 4. The highest BCUT2D eigenvalue weighted by molar-refractivity contribution is 5.77. The van der Waals surface area contributed by atoms with Crippen molar-refractivity contribution in [2.75, 3.05) is 0 Å². The number of fused-ring (bicyclic) bond motifs is 7. The maximum Gasteiger partial charge on any atom is 0.310 e. The maximum atomic E-state index is 12.8. The van der Waals surface area contributed by atoms with Gasteiger partial charge in [0.15, 0.2) is 0 Å². The van der Waals surface area contributed by atoms with E-state index in [2.05, 4.69) is 54.5 Å². The molecule has 4 N–H and O–H groups in total. The molecule has 0 saturated heterocycles. The molecule has 0 aromatic heterocycles. The minimum atomic E-state index is -0.877. The minimum absolute atomic E-state index is 0.00525. The van der Waals surface area contributed by atoms with Gasteiger partial charge in [-0.1, -0.05) is 60.1 Å². The van der Waals surface area contributed by atoms with Crippen molar-refractivity contribution in [3.05, 3.63) is 11.6 Å². The molecule has 0 radical (unpaired) electrons.